The van der Waals surface area contributed by atoms with Crippen LogP contribution in [0.25, 0.3) is 11.1 Å². The molecule has 1 aliphatic heterocycles. The summed E-state index contributed by atoms with van der Waals surface area (Å²) >= 11 is 0. The van der Waals surface area contributed by atoms with Gasteiger partial charge in [-0.3, -0.25) is 4.79 Å². The van der Waals surface area contributed by atoms with Gasteiger partial charge < -0.3 is 29.6 Å². The molecule has 3 N–H and O–H groups in total. The molecular formula is C45H54N2O7Si. The zero-order chi connectivity index (χ0) is 39.8. The van der Waals surface area contributed by atoms with Gasteiger partial charge in [0.25, 0.3) is 14.2 Å². The Morgan fingerprint density at radius 2 is 1.31 bits per heavy atom. The lowest BCUT2D eigenvalue weighted by Crippen LogP contribution is -2.70. The van der Waals surface area contributed by atoms with Crippen molar-refractivity contribution in [2.45, 2.75) is 103 Å². The van der Waals surface area contributed by atoms with Crippen LogP contribution in [0.4, 0.5) is 4.79 Å². The number of carbonyl (C=O) groups is 3. The first-order chi connectivity index (χ1) is 26.1. The maximum atomic E-state index is 14.4. The van der Waals surface area contributed by atoms with Crippen LogP contribution in [-0.4, -0.2) is 61.3 Å². The van der Waals surface area contributed by atoms with E-state index in [4.69, 9.17) is 13.9 Å². The molecule has 1 heterocycles. The fourth-order valence-corrected chi connectivity index (χ4v) is 11.8. The number of alkyl carbamates (subject to hydrolysis) is 1. The Morgan fingerprint density at radius 1 is 0.782 bits per heavy atom. The number of ether oxygens (including phenoxy) is 2. The fraction of sp³-hybridized carbons (Fsp3) is 0.356. The molecule has 55 heavy (non-hydrogen) atoms. The lowest BCUT2D eigenvalue weighted by atomic mass is 9.98. The highest BCUT2D eigenvalue weighted by Crippen LogP contribution is 2.39. The van der Waals surface area contributed by atoms with Gasteiger partial charge >= 0.3 is 12.1 Å². The van der Waals surface area contributed by atoms with Crippen LogP contribution in [0.3, 0.4) is 0 Å². The Bertz CT molecular complexity index is 1880. The summed E-state index contributed by atoms with van der Waals surface area (Å²) in [5.74, 6) is -2.34. The molecule has 4 atom stereocenters. The van der Waals surface area contributed by atoms with Gasteiger partial charge in [0.15, 0.2) is 6.10 Å². The van der Waals surface area contributed by atoms with Gasteiger partial charge in [-0.25, -0.2) is 9.59 Å². The molecule has 2 amide bonds. The molecule has 0 fully saturated rings. The third-order valence-electron chi connectivity index (χ3n) is 9.81. The molecular weight excluding hydrogens is 709 g/mol. The van der Waals surface area contributed by atoms with Crippen molar-refractivity contribution in [3.8, 4) is 11.1 Å². The van der Waals surface area contributed by atoms with E-state index in [-0.39, 0.29) is 6.04 Å². The highest BCUT2D eigenvalue weighted by atomic mass is 28.4. The highest BCUT2D eigenvalue weighted by Gasteiger charge is 2.54. The minimum absolute atomic E-state index is 0.262. The number of nitrogens with one attached hydrogen (secondary N) is 2. The van der Waals surface area contributed by atoms with Crippen molar-refractivity contribution in [1.82, 2.24) is 10.6 Å². The van der Waals surface area contributed by atoms with E-state index in [0.29, 0.717) is 19.3 Å². The number of hydrogen-bond donors (Lipinski definition) is 3. The van der Waals surface area contributed by atoms with Gasteiger partial charge in [0.1, 0.15) is 11.6 Å². The van der Waals surface area contributed by atoms with Gasteiger partial charge in [0.2, 0.25) is 5.76 Å². The topological polar surface area (TPSA) is 123 Å². The van der Waals surface area contributed by atoms with Crippen molar-refractivity contribution in [1.29, 1.82) is 0 Å². The highest BCUT2D eigenvalue weighted by molar-refractivity contribution is 6.99. The second-order valence-electron chi connectivity index (χ2n) is 16.0. The smallest absolute Gasteiger partial charge is 0.408 e. The largest absolute Gasteiger partial charge is 0.475 e. The average molecular weight is 763 g/mol. The van der Waals surface area contributed by atoms with Gasteiger partial charge in [-0.15, -0.1) is 0 Å². The van der Waals surface area contributed by atoms with Crippen LogP contribution in [0.5, 0.6) is 0 Å². The van der Waals surface area contributed by atoms with Gasteiger partial charge in [-0.1, -0.05) is 143 Å². The minimum atomic E-state index is -3.34. The van der Waals surface area contributed by atoms with Crippen molar-refractivity contribution >= 4 is 36.7 Å². The minimum Gasteiger partial charge on any atom is -0.475 e. The normalized spacial score (nSPS) is 17.9. The SMILES string of the molecule is CCC(CCc1ccc(-c2ccccc2)cc1)NC(=O)[C@@H]1OC(C(=O)O)=C[C@@H](O[Si](c2ccccc2)(c2ccccc2)C(C)(C)C)[C@H]1NC(=O)OC(C)(C)C. The van der Waals surface area contributed by atoms with Crippen molar-refractivity contribution in [3.05, 3.63) is 133 Å². The molecule has 0 aromatic heterocycles. The Labute approximate surface area is 326 Å². The molecule has 0 bridgehead atoms. The van der Waals surface area contributed by atoms with Crippen LogP contribution in [0.1, 0.15) is 66.9 Å². The van der Waals surface area contributed by atoms with Crippen molar-refractivity contribution in [2.24, 2.45) is 0 Å². The third kappa shape index (κ3) is 10.1. The number of aliphatic carboxylic acids is 1. The number of hydrogen-bond acceptors (Lipinski definition) is 6. The van der Waals surface area contributed by atoms with Gasteiger partial charge in [0, 0.05) is 6.04 Å². The Morgan fingerprint density at radius 3 is 1.80 bits per heavy atom. The first-order valence-electron chi connectivity index (χ1n) is 19.0. The molecule has 10 heteroatoms. The summed E-state index contributed by atoms with van der Waals surface area (Å²) in [6.07, 6.45) is -0.0124. The predicted molar refractivity (Wildman–Crippen MR) is 219 cm³/mol. The first-order valence-corrected chi connectivity index (χ1v) is 20.9. The number of aryl methyl sites for hydroxylation is 1. The summed E-state index contributed by atoms with van der Waals surface area (Å²) in [5.41, 5.74) is 2.54. The number of benzene rings is 4. The molecule has 0 saturated carbocycles. The van der Waals surface area contributed by atoms with Gasteiger partial charge in [0.05, 0.1) is 6.10 Å². The summed E-state index contributed by atoms with van der Waals surface area (Å²) in [6.45, 7) is 13.5. The molecule has 290 valence electrons. The molecule has 1 unspecified atom stereocenters. The Balaban J connectivity index is 1.48. The van der Waals surface area contributed by atoms with Crippen molar-refractivity contribution < 1.29 is 33.4 Å². The summed E-state index contributed by atoms with van der Waals surface area (Å²) in [4.78, 5) is 40.5. The maximum Gasteiger partial charge on any atom is 0.408 e. The second-order valence-corrected chi connectivity index (χ2v) is 20.3. The molecule has 0 aliphatic carbocycles. The van der Waals surface area contributed by atoms with E-state index in [9.17, 15) is 19.5 Å². The van der Waals surface area contributed by atoms with Crippen LogP contribution >= 0.6 is 0 Å². The second kappa shape index (κ2) is 17.5. The molecule has 1 aliphatic rings. The van der Waals surface area contributed by atoms with E-state index >= 15 is 0 Å². The van der Waals surface area contributed by atoms with Crippen molar-refractivity contribution in [2.75, 3.05) is 0 Å². The van der Waals surface area contributed by atoms with Crippen LogP contribution in [0.2, 0.25) is 5.04 Å². The zero-order valence-electron chi connectivity index (χ0n) is 32.9. The predicted octanol–water partition coefficient (Wildman–Crippen LogP) is 7.39. The molecule has 0 saturated heterocycles. The van der Waals surface area contributed by atoms with Crippen LogP contribution in [0.15, 0.2) is 127 Å². The lowest BCUT2D eigenvalue weighted by Gasteiger charge is -2.47. The fourth-order valence-electron chi connectivity index (χ4n) is 7.11. The van der Waals surface area contributed by atoms with Gasteiger partial charge in [-0.2, -0.15) is 0 Å². The average Bonchev–Trinajstić information content (AvgIpc) is 3.15. The number of carboxylic acid groups (broad SMARTS) is 1. The maximum absolute atomic E-state index is 14.4. The van der Waals surface area contributed by atoms with E-state index in [0.717, 1.165) is 27.1 Å². The monoisotopic (exact) mass is 762 g/mol. The third-order valence-corrected chi connectivity index (χ3v) is 14.8. The van der Waals surface area contributed by atoms with Crippen LogP contribution in [-0.2, 0) is 29.9 Å². The Kier molecular flexibility index (Phi) is 13.0. The van der Waals surface area contributed by atoms with E-state index in [1.54, 1.807) is 20.8 Å². The summed E-state index contributed by atoms with van der Waals surface area (Å²) < 4.78 is 19.0. The van der Waals surface area contributed by atoms with Crippen molar-refractivity contribution in [3.63, 3.8) is 0 Å². The first kappa shape index (κ1) is 41.0. The van der Waals surface area contributed by atoms with E-state index < -0.39 is 60.9 Å². The standard InChI is InChI=1S/C45H54N2O7Si/c1-8-34(29-26-31-24-27-33(28-25-31)32-18-12-9-13-19-32)46-41(48)40-39(47-43(51)53-44(2,3)4)37(30-38(52-40)42(49)50)54-55(45(5,6)7,35-20-14-10-15-21-35)36-22-16-11-17-23-36/h9-25,27-28,30,34,37,39-40H,8,26,29H2,1-7H3,(H,46,48)(H,47,51)(H,49,50)/t34?,37-,39-,40-/m1/s1. The molecule has 4 aromatic rings. The summed E-state index contributed by atoms with van der Waals surface area (Å²) in [5, 5.41) is 17.7. The molecule has 4 aromatic carbocycles. The van der Waals surface area contributed by atoms with Crippen LogP contribution < -0.4 is 21.0 Å². The van der Waals surface area contributed by atoms with Crippen LogP contribution in [0, 0.1) is 0 Å². The van der Waals surface area contributed by atoms with E-state index in [1.165, 1.54) is 6.08 Å². The number of rotatable bonds is 13. The van der Waals surface area contributed by atoms with E-state index in [2.05, 4.69) is 67.8 Å². The molecule has 0 spiro atoms. The molecule has 0 radical (unpaired) electrons. The molecule has 5 rings (SSSR count). The number of carbonyl (C=O) groups excluding carboxylic acids is 2. The van der Waals surface area contributed by atoms with Gasteiger partial charge in [-0.05, 0) is 78.2 Å². The van der Waals surface area contributed by atoms with E-state index in [1.807, 2.05) is 85.8 Å². The zero-order valence-corrected chi connectivity index (χ0v) is 33.9. The summed E-state index contributed by atoms with van der Waals surface area (Å²) in [6, 6.07) is 36.9. The number of carboxylic acids is 1. The molecule has 9 nitrogen and oxygen atoms in total. The number of amides is 2. The lowest BCUT2D eigenvalue weighted by molar-refractivity contribution is -0.144. The Hall–Kier alpha value is -5.19. The summed E-state index contributed by atoms with van der Waals surface area (Å²) in [7, 11) is -3.34. The quantitative estimate of drug-likeness (QED) is 0.122.